The Kier molecular flexibility index (Phi) is 4.80. The molecule has 1 heterocycles. The van der Waals surface area contributed by atoms with Crippen LogP contribution in [0.15, 0.2) is 17.2 Å². The highest BCUT2D eigenvalue weighted by molar-refractivity contribution is 6.20. The highest BCUT2D eigenvalue weighted by Crippen LogP contribution is 2.04. The van der Waals surface area contributed by atoms with Gasteiger partial charge in [0.2, 0.25) is 0 Å². The van der Waals surface area contributed by atoms with Gasteiger partial charge < -0.3 is 9.88 Å². The maximum atomic E-state index is 11.9. The Morgan fingerprint density at radius 2 is 2.25 bits per heavy atom. The van der Waals surface area contributed by atoms with Crippen LogP contribution < -0.4 is 10.9 Å². The fourth-order valence-electron chi connectivity index (χ4n) is 1.30. The lowest BCUT2D eigenvalue weighted by Gasteiger charge is -2.12. The first-order chi connectivity index (χ1) is 7.56. The third kappa shape index (κ3) is 3.23. The minimum Gasteiger partial charge on any atom is -0.364 e. The highest BCUT2D eigenvalue weighted by Gasteiger charge is 2.08. The molecule has 1 aromatic heterocycles. The van der Waals surface area contributed by atoms with Crippen molar-refractivity contribution >= 4 is 17.4 Å². The largest absolute Gasteiger partial charge is 0.364 e. The first-order valence-electron chi connectivity index (χ1n) is 5.51. The van der Waals surface area contributed by atoms with E-state index in [2.05, 4.69) is 10.3 Å². The van der Waals surface area contributed by atoms with E-state index in [-0.39, 0.29) is 17.0 Å². The summed E-state index contributed by atoms with van der Waals surface area (Å²) in [6, 6.07) is 0.133. The summed E-state index contributed by atoms with van der Waals surface area (Å²) in [5, 5.41) is 3.00. The Labute approximate surface area is 101 Å². The van der Waals surface area contributed by atoms with Gasteiger partial charge in [-0.1, -0.05) is 6.92 Å². The molecular weight excluding hydrogens is 226 g/mol. The lowest BCUT2D eigenvalue weighted by atomic mass is 10.3. The number of aromatic nitrogens is 2. The Balaban J connectivity index is 2.82. The summed E-state index contributed by atoms with van der Waals surface area (Å²) in [7, 11) is 0. The van der Waals surface area contributed by atoms with Crippen LogP contribution in [0, 0.1) is 0 Å². The van der Waals surface area contributed by atoms with E-state index in [0.29, 0.717) is 12.4 Å². The smallest absolute Gasteiger partial charge is 0.293 e. The fraction of sp³-hybridized carbons (Fsp3) is 0.636. The zero-order valence-electron chi connectivity index (χ0n) is 9.90. The van der Waals surface area contributed by atoms with Crippen LogP contribution >= 0.6 is 11.6 Å². The highest BCUT2D eigenvalue weighted by atomic mass is 35.5. The topological polar surface area (TPSA) is 46.9 Å². The molecule has 1 aromatic rings. The van der Waals surface area contributed by atoms with E-state index < -0.39 is 0 Å². The molecule has 4 nitrogen and oxygen atoms in total. The Morgan fingerprint density at radius 3 is 2.81 bits per heavy atom. The van der Waals surface area contributed by atoms with E-state index >= 15 is 0 Å². The summed E-state index contributed by atoms with van der Waals surface area (Å²) >= 11 is 5.97. The summed E-state index contributed by atoms with van der Waals surface area (Å²) in [5.41, 5.74) is -0.0996. The van der Waals surface area contributed by atoms with E-state index in [9.17, 15) is 4.79 Å². The minimum absolute atomic E-state index is 0.0221. The van der Waals surface area contributed by atoms with E-state index in [1.807, 2.05) is 20.8 Å². The van der Waals surface area contributed by atoms with Crippen molar-refractivity contribution in [2.45, 2.75) is 38.6 Å². The van der Waals surface area contributed by atoms with Gasteiger partial charge in [-0.15, -0.1) is 11.6 Å². The van der Waals surface area contributed by atoms with Gasteiger partial charge in [-0.2, -0.15) is 0 Å². The van der Waals surface area contributed by atoms with Crippen molar-refractivity contribution in [3.05, 3.63) is 22.7 Å². The minimum atomic E-state index is -0.0996. The second kappa shape index (κ2) is 5.89. The lowest BCUT2D eigenvalue weighted by Crippen LogP contribution is -2.27. The molecule has 0 aliphatic rings. The first-order valence-corrected chi connectivity index (χ1v) is 5.95. The number of alkyl halides is 1. The maximum Gasteiger partial charge on any atom is 0.293 e. The molecule has 0 aliphatic heterocycles. The van der Waals surface area contributed by atoms with Crippen LogP contribution in [0.3, 0.4) is 0 Å². The van der Waals surface area contributed by atoms with E-state index in [1.165, 1.54) is 0 Å². The maximum absolute atomic E-state index is 11.9. The van der Waals surface area contributed by atoms with Crippen LogP contribution in [-0.2, 0) is 0 Å². The Bertz CT molecular complexity index is 389. The summed E-state index contributed by atoms with van der Waals surface area (Å²) in [5.74, 6) is 0.371. The zero-order chi connectivity index (χ0) is 12.1. The molecule has 0 aromatic carbocycles. The molecule has 16 heavy (non-hydrogen) atoms. The quantitative estimate of drug-likeness (QED) is 0.807. The SMILES string of the molecule is CCC(Cl)CNc1nccn(C(C)C)c1=O. The molecule has 0 bridgehead atoms. The molecule has 0 fully saturated rings. The lowest BCUT2D eigenvalue weighted by molar-refractivity contribution is 0.575. The van der Waals surface area contributed by atoms with Crippen LogP contribution in [-0.4, -0.2) is 21.5 Å². The van der Waals surface area contributed by atoms with Gasteiger partial charge in [0.1, 0.15) is 0 Å². The van der Waals surface area contributed by atoms with Crippen LogP contribution in [0.2, 0.25) is 0 Å². The van der Waals surface area contributed by atoms with Crippen LogP contribution in [0.25, 0.3) is 0 Å². The van der Waals surface area contributed by atoms with Gasteiger partial charge in [0, 0.05) is 25.0 Å². The molecule has 90 valence electrons. The Hall–Kier alpha value is -1.03. The average Bonchev–Trinajstić information content (AvgIpc) is 2.26. The molecule has 0 amide bonds. The molecule has 0 spiro atoms. The third-order valence-corrected chi connectivity index (χ3v) is 2.82. The van der Waals surface area contributed by atoms with Crippen molar-refractivity contribution in [3.63, 3.8) is 0 Å². The van der Waals surface area contributed by atoms with Gasteiger partial charge in [-0.3, -0.25) is 4.79 Å². The summed E-state index contributed by atoms with van der Waals surface area (Å²) in [4.78, 5) is 15.9. The van der Waals surface area contributed by atoms with Crippen molar-refractivity contribution in [3.8, 4) is 0 Å². The van der Waals surface area contributed by atoms with Gasteiger partial charge in [0.25, 0.3) is 5.56 Å². The van der Waals surface area contributed by atoms with Crippen molar-refractivity contribution in [1.29, 1.82) is 0 Å². The molecule has 5 heteroatoms. The van der Waals surface area contributed by atoms with Crippen molar-refractivity contribution in [1.82, 2.24) is 9.55 Å². The predicted octanol–water partition coefficient (Wildman–Crippen LogP) is 2.25. The first kappa shape index (κ1) is 13.0. The summed E-state index contributed by atoms with van der Waals surface area (Å²) in [6.45, 7) is 6.48. The second-order valence-corrected chi connectivity index (χ2v) is 4.59. The van der Waals surface area contributed by atoms with Crippen molar-refractivity contribution in [2.24, 2.45) is 0 Å². The monoisotopic (exact) mass is 243 g/mol. The molecular formula is C11H18ClN3O. The number of anilines is 1. The van der Waals surface area contributed by atoms with Crippen LogP contribution in [0.5, 0.6) is 0 Å². The number of nitrogens with one attached hydrogen (secondary N) is 1. The standard InChI is InChI=1S/C11H18ClN3O/c1-4-9(12)7-14-10-11(16)15(8(2)3)6-5-13-10/h5-6,8-9H,4,7H2,1-3H3,(H,13,14). The van der Waals surface area contributed by atoms with E-state index in [4.69, 9.17) is 11.6 Å². The van der Waals surface area contributed by atoms with Crippen molar-refractivity contribution in [2.75, 3.05) is 11.9 Å². The molecule has 0 radical (unpaired) electrons. The number of hydrogen-bond donors (Lipinski definition) is 1. The Morgan fingerprint density at radius 1 is 1.56 bits per heavy atom. The number of halogens is 1. The third-order valence-electron chi connectivity index (χ3n) is 2.36. The summed E-state index contributed by atoms with van der Waals surface area (Å²) in [6.07, 6.45) is 4.18. The number of rotatable bonds is 5. The molecule has 0 aliphatic carbocycles. The number of nitrogens with zero attached hydrogens (tertiary/aromatic N) is 2. The molecule has 1 unspecified atom stereocenters. The average molecular weight is 244 g/mol. The molecule has 1 N–H and O–H groups in total. The molecule has 1 rings (SSSR count). The van der Waals surface area contributed by atoms with Crippen LogP contribution in [0.4, 0.5) is 5.82 Å². The van der Waals surface area contributed by atoms with Crippen molar-refractivity contribution < 1.29 is 0 Å². The van der Waals surface area contributed by atoms with E-state index in [1.54, 1.807) is 17.0 Å². The normalized spacial score (nSPS) is 12.8. The van der Waals surface area contributed by atoms with Gasteiger partial charge in [-0.25, -0.2) is 4.98 Å². The second-order valence-electron chi connectivity index (χ2n) is 3.97. The van der Waals surface area contributed by atoms with Gasteiger partial charge >= 0.3 is 0 Å². The summed E-state index contributed by atoms with van der Waals surface area (Å²) < 4.78 is 1.64. The molecule has 0 saturated carbocycles. The fourth-order valence-corrected chi connectivity index (χ4v) is 1.38. The van der Waals surface area contributed by atoms with E-state index in [0.717, 1.165) is 6.42 Å². The molecule has 1 atom stereocenters. The predicted molar refractivity (Wildman–Crippen MR) is 67.3 cm³/mol. The number of hydrogen-bond acceptors (Lipinski definition) is 3. The van der Waals surface area contributed by atoms with Gasteiger partial charge in [0.05, 0.1) is 5.38 Å². The zero-order valence-corrected chi connectivity index (χ0v) is 10.7. The van der Waals surface area contributed by atoms with Gasteiger partial charge in [0.15, 0.2) is 5.82 Å². The van der Waals surface area contributed by atoms with Gasteiger partial charge in [-0.05, 0) is 20.3 Å². The molecule has 0 saturated heterocycles. The van der Waals surface area contributed by atoms with Crippen LogP contribution in [0.1, 0.15) is 33.2 Å².